The molecule has 1 atom stereocenters. The molecule has 1 saturated heterocycles. The molecule has 2 amide bonds. The molecule has 31 heavy (non-hydrogen) atoms. The first-order chi connectivity index (χ1) is 15.1. The Labute approximate surface area is 180 Å². The van der Waals surface area contributed by atoms with Crippen molar-refractivity contribution in [2.24, 2.45) is 0 Å². The molecular formula is C24H24N2O5. The van der Waals surface area contributed by atoms with Gasteiger partial charge >= 0.3 is 0 Å². The molecule has 1 N–H and O–H groups in total. The minimum Gasteiger partial charge on any atom is -0.493 e. The van der Waals surface area contributed by atoms with Crippen molar-refractivity contribution in [3.05, 3.63) is 60.7 Å². The van der Waals surface area contributed by atoms with Crippen LogP contribution in [-0.2, 0) is 9.59 Å². The number of anilines is 1. The topological polar surface area (TPSA) is 77.1 Å². The van der Waals surface area contributed by atoms with Gasteiger partial charge in [0.15, 0.2) is 18.1 Å². The number of methoxy groups -OCH3 is 2. The molecule has 1 fully saturated rings. The fraction of sp³-hybridized carbons (Fsp3) is 0.250. The lowest BCUT2D eigenvalue weighted by Crippen LogP contribution is -2.39. The van der Waals surface area contributed by atoms with Crippen LogP contribution in [0, 0.1) is 0 Å². The Hall–Kier alpha value is -3.74. The normalized spacial score (nSPS) is 15.7. The number of ether oxygens (including phenoxy) is 3. The van der Waals surface area contributed by atoms with Crippen molar-refractivity contribution in [3.8, 4) is 17.2 Å². The molecule has 3 aromatic carbocycles. The Bertz CT molecular complexity index is 1110. The van der Waals surface area contributed by atoms with E-state index < -0.39 is 0 Å². The molecule has 7 heteroatoms. The Kier molecular flexibility index (Phi) is 5.93. The summed E-state index contributed by atoms with van der Waals surface area (Å²) in [5.74, 6) is 1.44. The lowest BCUT2D eigenvalue weighted by molar-refractivity contribution is -0.123. The van der Waals surface area contributed by atoms with Crippen LogP contribution in [0.15, 0.2) is 60.7 Å². The Morgan fingerprint density at radius 2 is 1.77 bits per heavy atom. The van der Waals surface area contributed by atoms with E-state index in [-0.39, 0.29) is 30.9 Å². The van der Waals surface area contributed by atoms with Crippen LogP contribution in [0.2, 0.25) is 0 Å². The van der Waals surface area contributed by atoms with Crippen LogP contribution in [0.3, 0.4) is 0 Å². The monoisotopic (exact) mass is 420 g/mol. The van der Waals surface area contributed by atoms with Crippen LogP contribution in [0.25, 0.3) is 10.8 Å². The standard InChI is InChI=1S/C24H24N2O5/c1-29-21-10-8-19(13-22(21)30-2)26-14-18(12-24(26)28)25-23(27)15-31-20-9-7-16-5-3-4-6-17(16)11-20/h3-11,13,18H,12,14-15H2,1-2H3,(H,25,27)/t18-/m1/s1. The number of nitrogens with one attached hydrogen (secondary N) is 1. The summed E-state index contributed by atoms with van der Waals surface area (Å²) in [4.78, 5) is 26.5. The third kappa shape index (κ3) is 4.55. The molecule has 0 aromatic heterocycles. The summed E-state index contributed by atoms with van der Waals surface area (Å²) < 4.78 is 16.2. The lowest BCUT2D eigenvalue weighted by Gasteiger charge is -2.19. The maximum atomic E-state index is 12.5. The van der Waals surface area contributed by atoms with E-state index in [2.05, 4.69) is 5.32 Å². The fourth-order valence-corrected chi connectivity index (χ4v) is 3.72. The number of hydrogen-bond donors (Lipinski definition) is 1. The highest BCUT2D eigenvalue weighted by Crippen LogP contribution is 2.33. The summed E-state index contributed by atoms with van der Waals surface area (Å²) in [6.07, 6.45) is 0.232. The van der Waals surface area contributed by atoms with Crippen LogP contribution in [0.4, 0.5) is 5.69 Å². The molecular weight excluding hydrogens is 396 g/mol. The van der Waals surface area contributed by atoms with Crippen molar-refractivity contribution in [2.75, 3.05) is 32.3 Å². The van der Waals surface area contributed by atoms with Crippen molar-refractivity contribution in [2.45, 2.75) is 12.5 Å². The zero-order chi connectivity index (χ0) is 21.8. The van der Waals surface area contributed by atoms with Gasteiger partial charge in [0.1, 0.15) is 5.75 Å². The average molecular weight is 420 g/mol. The summed E-state index contributed by atoms with van der Waals surface area (Å²) >= 11 is 0. The number of carbonyl (C=O) groups is 2. The summed E-state index contributed by atoms with van der Waals surface area (Å²) in [7, 11) is 3.11. The smallest absolute Gasteiger partial charge is 0.258 e. The molecule has 160 valence electrons. The van der Waals surface area contributed by atoms with Crippen LogP contribution in [0.1, 0.15) is 6.42 Å². The quantitative estimate of drug-likeness (QED) is 0.635. The maximum absolute atomic E-state index is 12.5. The van der Waals surface area contributed by atoms with E-state index in [1.165, 1.54) is 0 Å². The summed E-state index contributed by atoms with van der Waals surface area (Å²) in [5, 5.41) is 5.04. The Morgan fingerprint density at radius 1 is 1.00 bits per heavy atom. The average Bonchev–Trinajstić information content (AvgIpc) is 3.16. The third-order valence-corrected chi connectivity index (χ3v) is 5.26. The van der Waals surface area contributed by atoms with Crippen LogP contribution in [-0.4, -0.2) is 45.2 Å². The van der Waals surface area contributed by atoms with Gasteiger partial charge in [-0.25, -0.2) is 0 Å². The zero-order valence-electron chi connectivity index (χ0n) is 17.5. The van der Waals surface area contributed by atoms with Gasteiger partial charge in [-0.2, -0.15) is 0 Å². The number of carbonyl (C=O) groups excluding carboxylic acids is 2. The molecule has 1 aliphatic heterocycles. The lowest BCUT2D eigenvalue weighted by atomic mass is 10.1. The van der Waals surface area contributed by atoms with Gasteiger partial charge < -0.3 is 24.4 Å². The van der Waals surface area contributed by atoms with Gasteiger partial charge in [0, 0.05) is 24.7 Å². The van der Waals surface area contributed by atoms with E-state index in [1.807, 2.05) is 42.5 Å². The van der Waals surface area contributed by atoms with Gasteiger partial charge in [0.25, 0.3) is 5.91 Å². The van der Waals surface area contributed by atoms with Crippen molar-refractivity contribution in [1.82, 2.24) is 5.32 Å². The van der Waals surface area contributed by atoms with Gasteiger partial charge in [-0.15, -0.1) is 0 Å². The van der Waals surface area contributed by atoms with E-state index in [0.717, 1.165) is 10.8 Å². The second-order valence-corrected chi connectivity index (χ2v) is 7.31. The molecule has 0 bridgehead atoms. The minimum absolute atomic E-state index is 0.0621. The predicted molar refractivity (Wildman–Crippen MR) is 118 cm³/mol. The fourth-order valence-electron chi connectivity index (χ4n) is 3.72. The summed E-state index contributed by atoms with van der Waals surface area (Å²) in [6, 6.07) is 18.7. The molecule has 0 unspecified atom stereocenters. The number of amides is 2. The second kappa shape index (κ2) is 8.95. The van der Waals surface area contributed by atoms with Crippen molar-refractivity contribution in [3.63, 3.8) is 0 Å². The highest BCUT2D eigenvalue weighted by molar-refractivity contribution is 5.97. The molecule has 3 aromatic rings. The van der Waals surface area contributed by atoms with Crippen LogP contribution < -0.4 is 24.4 Å². The van der Waals surface area contributed by atoms with Crippen molar-refractivity contribution >= 4 is 28.3 Å². The number of fused-ring (bicyclic) bond motifs is 1. The number of hydrogen-bond acceptors (Lipinski definition) is 5. The molecule has 1 heterocycles. The number of nitrogens with zero attached hydrogens (tertiary/aromatic N) is 1. The summed E-state index contributed by atoms with van der Waals surface area (Å²) in [6.45, 7) is 0.273. The molecule has 4 rings (SSSR count). The molecule has 1 aliphatic rings. The maximum Gasteiger partial charge on any atom is 0.258 e. The van der Waals surface area contributed by atoms with Crippen molar-refractivity contribution < 1.29 is 23.8 Å². The minimum atomic E-state index is -0.284. The second-order valence-electron chi connectivity index (χ2n) is 7.31. The van der Waals surface area contributed by atoms with E-state index in [0.29, 0.717) is 29.5 Å². The van der Waals surface area contributed by atoms with E-state index in [4.69, 9.17) is 14.2 Å². The first-order valence-corrected chi connectivity index (χ1v) is 10.0. The number of benzene rings is 3. The predicted octanol–water partition coefficient (Wildman–Crippen LogP) is 3.16. The highest BCUT2D eigenvalue weighted by atomic mass is 16.5. The Balaban J connectivity index is 1.34. The molecule has 7 nitrogen and oxygen atoms in total. The molecule has 0 spiro atoms. The summed E-state index contributed by atoms with van der Waals surface area (Å²) in [5.41, 5.74) is 0.701. The van der Waals surface area contributed by atoms with E-state index >= 15 is 0 Å². The number of rotatable bonds is 7. The van der Waals surface area contributed by atoms with Crippen LogP contribution in [0.5, 0.6) is 17.2 Å². The van der Waals surface area contributed by atoms with Crippen molar-refractivity contribution in [1.29, 1.82) is 0 Å². The van der Waals surface area contributed by atoms with Gasteiger partial charge in [0.2, 0.25) is 5.91 Å². The first-order valence-electron chi connectivity index (χ1n) is 10.0. The zero-order valence-corrected chi connectivity index (χ0v) is 17.5. The molecule has 0 aliphatic carbocycles. The van der Waals surface area contributed by atoms with Gasteiger partial charge in [-0.3, -0.25) is 9.59 Å². The molecule has 0 saturated carbocycles. The van der Waals surface area contributed by atoms with Gasteiger partial charge in [0.05, 0.1) is 20.3 Å². The third-order valence-electron chi connectivity index (χ3n) is 5.26. The molecule has 0 radical (unpaired) electrons. The first kappa shape index (κ1) is 20.5. The SMILES string of the molecule is COc1ccc(N2C[C@H](NC(=O)COc3ccc4ccccc4c3)CC2=O)cc1OC. The van der Waals surface area contributed by atoms with Gasteiger partial charge in [-0.05, 0) is 35.0 Å². The van der Waals surface area contributed by atoms with E-state index in [9.17, 15) is 9.59 Å². The van der Waals surface area contributed by atoms with E-state index in [1.54, 1.807) is 37.3 Å². The Morgan fingerprint density at radius 3 is 2.55 bits per heavy atom. The largest absolute Gasteiger partial charge is 0.493 e. The highest BCUT2D eigenvalue weighted by Gasteiger charge is 2.32. The van der Waals surface area contributed by atoms with Gasteiger partial charge in [-0.1, -0.05) is 30.3 Å². The van der Waals surface area contributed by atoms with Crippen LogP contribution >= 0.6 is 0 Å².